The highest BCUT2D eigenvalue weighted by Crippen LogP contribution is 2.20. The van der Waals surface area contributed by atoms with Crippen LogP contribution in [0.25, 0.3) is 0 Å². The van der Waals surface area contributed by atoms with Crippen LogP contribution >= 0.6 is 0 Å². The maximum Gasteiger partial charge on any atom is 0.253 e. The Morgan fingerprint density at radius 1 is 1.30 bits per heavy atom. The summed E-state index contributed by atoms with van der Waals surface area (Å²) in [6.45, 7) is 3.17. The number of nitrogens with one attached hydrogen (secondary N) is 1. The summed E-state index contributed by atoms with van der Waals surface area (Å²) in [7, 11) is 3.43. The van der Waals surface area contributed by atoms with Crippen molar-refractivity contribution >= 4 is 17.5 Å². The van der Waals surface area contributed by atoms with Crippen molar-refractivity contribution in [3.8, 4) is 0 Å². The van der Waals surface area contributed by atoms with E-state index < -0.39 is 6.04 Å². The van der Waals surface area contributed by atoms with Gasteiger partial charge in [-0.1, -0.05) is 0 Å². The second-order valence-corrected chi connectivity index (χ2v) is 6.19. The molecule has 1 aliphatic heterocycles. The minimum Gasteiger partial charge on any atom is -0.381 e. The highest BCUT2D eigenvalue weighted by atomic mass is 16.5. The number of carbonyl (C=O) groups is 2. The monoisotopic (exact) mass is 319 g/mol. The molecule has 126 valence electrons. The molecule has 1 fully saturated rings. The van der Waals surface area contributed by atoms with Gasteiger partial charge in [0.1, 0.15) is 0 Å². The molecule has 1 aromatic rings. The lowest BCUT2D eigenvalue weighted by molar-refractivity contribution is -0.119. The first-order chi connectivity index (χ1) is 10.9. The quantitative estimate of drug-likeness (QED) is 0.878. The number of amides is 2. The van der Waals surface area contributed by atoms with E-state index in [0.29, 0.717) is 24.5 Å². The van der Waals surface area contributed by atoms with Gasteiger partial charge in [0.2, 0.25) is 5.91 Å². The molecule has 23 heavy (non-hydrogen) atoms. The molecule has 1 unspecified atom stereocenters. The lowest BCUT2D eigenvalue weighted by Crippen LogP contribution is -2.44. The smallest absolute Gasteiger partial charge is 0.253 e. The van der Waals surface area contributed by atoms with Crippen molar-refractivity contribution in [2.45, 2.75) is 25.8 Å². The van der Waals surface area contributed by atoms with Crippen LogP contribution in [0.15, 0.2) is 18.2 Å². The van der Waals surface area contributed by atoms with E-state index in [1.807, 2.05) is 6.92 Å². The summed E-state index contributed by atoms with van der Waals surface area (Å²) in [5.41, 5.74) is 8.17. The molecule has 0 aliphatic carbocycles. The van der Waals surface area contributed by atoms with Crippen molar-refractivity contribution in [3.05, 3.63) is 29.3 Å². The first-order valence-electron chi connectivity index (χ1n) is 7.86. The van der Waals surface area contributed by atoms with Crippen LogP contribution in [0.2, 0.25) is 0 Å². The average molecular weight is 319 g/mol. The van der Waals surface area contributed by atoms with Crippen LogP contribution in [0.4, 0.5) is 5.69 Å². The molecule has 2 rings (SSSR count). The Morgan fingerprint density at radius 3 is 2.52 bits per heavy atom. The number of carbonyl (C=O) groups excluding carboxylic acids is 2. The summed E-state index contributed by atoms with van der Waals surface area (Å²) >= 11 is 0. The summed E-state index contributed by atoms with van der Waals surface area (Å²) < 4.78 is 5.30. The summed E-state index contributed by atoms with van der Waals surface area (Å²) in [6, 6.07) is 4.72. The molecule has 1 aromatic carbocycles. The van der Waals surface area contributed by atoms with Crippen molar-refractivity contribution in [1.82, 2.24) is 4.90 Å². The summed E-state index contributed by atoms with van der Waals surface area (Å²) in [5, 5.41) is 2.85. The number of benzene rings is 1. The van der Waals surface area contributed by atoms with Crippen LogP contribution in [-0.2, 0) is 9.53 Å². The fraction of sp³-hybridized carbons (Fsp3) is 0.529. The van der Waals surface area contributed by atoms with E-state index in [9.17, 15) is 9.59 Å². The number of hydrogen-bond donors (Lipinski definition) is 2. The van der Waals surface area contributed by atoms with Gasteiger partial charge in [0.15, 0.2) is 0 Å². The van der Waals surface area contributed by atoms with Gasteiger partial charge in [-0.25, -0.2) is 0 Å². The van der Waals surface area contributed by atoms with Crippen LogP contribution in [0.5, 0.6) is 0 Å². The third-order valence-electron chi connectivity index (χ3n) is 4.21. The van der Waals surface area contributed by atoms with Gasteiger partial charge in [-0.15, -0.1) is 0 Å². The van der Waals surface area contributed by atoms with E-state index >= 15 is 0 Å². The number of nitrogens with two attached hydrogens (primary N) is 1. The molecular weight excluding hydrogens is 294 g/mol. The Kier molecular flexibility index (Phi) is 5.74. The Hall–Kier alpha value is -1.92. The average Bonchev–Trinajstić information content (AvgIpc) is 2.54. The Morgan fingerprint density at radius 2 is 1.96 bits per heavy atom. The molecule has 1 heterocycles. The van der Waals surface area contributed by atoms with E-state index in [-0.39, 0.29) is 17.7 Å². The molecule has 0 spiro atoms. The van der Waals surface area contributed by atoms with Crippen LogP contribution < -0.4 is 11.1 Å². The van der Waals surface area contributed by atoms with Gasteiger partial charge in [0.05, 0.1) is 6.04 Å². The number of nitrogens with zero attached hydrogens (tertiary/aromatic N) is 1. The minimum absolute atomic E-state index is 0.0562. The van der Waals surface area contributed by atoms with Gasteiger partial charge in [-0.3, -0.25) is 9.59 Å². The zero-order chi connectivity index (χ0) is 17.0. The third kappa shape index (κ3) is 4.30. The number of aryl methyl sites for hydroxylation is 1. The van der Waals surface area contributed by atoms with Crippen molar-refractivity contribution in [2.75, 3.05) is 32.6 Å². The van der Waals surface area contributed by atoms with Gasteiger partial charge in [-0.05, 0) is 49.4 Å². The second-order valence-electron chi connectivity index (χ2n) is 6.19. The van der Waals surface area contributed by atoms with Gasteiger partial charge in [0.25, 0.3) is 5.91 Å². The molecule has 2 amide bonds. The van der Waals surface area contributed by atoms with E-state index in [2.05, 4.69) is 5.32 Å². The number of ether oxygens (including phenoxy) is 1. The number of anilines is 1. The maximum atomic E-state index is 12.3. The molecule has 1 saturated heterocycles. The Balaban J connectivity index is 2.03. The molecule has 6 heteroatoms. The lowest BCUT2D eigenvalue weighted by atomic mass is 9.92. The second kappa shape index (κ2) is 7.57. The maximum absolute atomic E-state index is 12.3. The molecule has 0 aromatic heterocycles. The van der Waals surface area contributed by atoms with Gasteiger partial charge in [0, 0.05) is 38.6 Å². The van der Waals surface area contributed by atoms with Gasteiger partial charge in [-0.2, -0.15) is 0 Å². The fourth-order valence-electron chi connectivity index (χ4n) is 2.74. The summed E-state index contributed by atoms with van der Waals surface area (Å²) in [5.74, 6) is -0.0956. The molecule has 0 saturated carbocycles. The van der Waals surface area contributed by atoms with Crippen LogP contribution in [0.1, 0.15) is 28.8 Å². The summed E-state index contributed by atoms with van der Waals surface area (Å²) in [6.07, 6.45) is 1.62. The highest BCUT2D eigenvalue weighted by molar-refractivity contribution is 5.98. The first kappa shape index (κ1) is 17.4. The van der Waals surface area contributed by atoms with Gasteiger partial charge >= 0.3 is 0 Å². The SMILES string of the molecule is Cc1cc(NC(=O)C(N)C2CCOCC2)ccc1C(=O)N(C)C. The molecule has 6 nitrogen and oxygen atoms in total. The van der Waals surface area contributed by atoms with Crippen LogP contribution in [-0.4, -0.2) is 50.1 Å². The van der Waals surface area contributed by atoms with Crippen molar-refractivity contribution < 1.29 is 14.3 Å². The predicted molar refractivity (Wildman–Crippen MR) is 89.3 cm³/mol. The topological polar surface area (TPSA) is 84.7 Å². The zero-order valence-electron chi connectivity index (χ0n) is 14.0. The molecule has 0 radical (unpaired) electrons. The highest BCUT2D eigenvalue weighted by Gasteiger charge is 2.26. The third-order valence-corrected chi connectivity index (χ3v) is 4.21. The molecular formula is C17H25N3O3. The van der Waals surface area contributed by atoms with Crippen molar-refractivity contribution in [3.63, 3.8) is 0 Å². The standard InChI is InChI=1S/C17H25N3O3/c1-11-10-13(4-5-14(11)17(22)20(2)3)19-16(21)15(18)12-6-8-23-9-7-12/h4-5,10,12,15H,6-9,18H2,1-3H3,(H,19,21). The number of rotatable bonds is 4. The van der Waals surface area contributed by atoms with E-state index in [1.54, 1.807) is 32.3 Å². The lowest BCUT2D eigenvalue weighted by Gasteiger charge is -2.26. The predicted octanol–water partition coefficient (Wildman–Crippen LogP) is 1.39. The first-order valence-corrected chi connectivity index (χ1v) is 7.86. The van der Waals surface area contributed by atoms with Crippen molar-refractivity contribution in [1.29, 1.82) is 0 Å². The number of hydrogen-bond acceptors (Lipinski definition) is 4. The van der Waals surface area contributed by atoms with E-state index in [1.165, 1.54) is 4.90 Å². The zero-order valence-corrected chi connectivity index (χ0v) is 14.0. The van der Waals surface area contributed by atoms with E-state index in [0.717, 1.165) is 18.4 Å². The molecule has 3 N–H and O–H groups in total. The fourth-order valence-corrected chi connectivity index (χ4v) is 2.74. The van der Waals surface area contributed by atoms with Crippen molar-refractivity contribution in [2.24, 2.45) is 11.7 Å². The Labute approximate surface area is 137 Å². The molecule has 0 bridgehead atoms. The van der Waals surface area contributed by atoms with Crippen LogP contribution in [0, 0.1) is 12.8 Å². The Bertz CT molecular complexity index is 580. The van der Waals surface area contributed by atoms with E-state index in [4.69, 9.17) is 10.5 Å². The largest absolute Gasteiger partial charge is 0.381 e. The minimum atomic E-state index is -0.540. The molecule has 1 atom stereocenters. The normalized spacial score (nSPS) is 16.7. The summed E-state index contributed by atoms with van der Waals surface area (Å²) in [4.78, 5) is 25.8. The van der Waals surface area contributed by atoms with Gasteiger partial charge < -0.3 is 20.7 Å². The molecule has 1 aliphatic rings. The van der Waals surface area contributed by atoms with Crippen LogP contribution in [0.3, 0.4) is 0 Å².